The number of alkyl halides is 3. The highest BCUT2D eigenvalue weighted by Gasteiger charge is 2.21. The summed E-state index contributed by atoms with van der Waals surface area (Å²) in [6.07, 6.45) is -5.15. The van der Waals surface area contributed by atoms with Crippen LogP contribution in [0.15, 0.2) is 24.3 Å². The lowest BCUT2D eigenvalue weighted by molar-refractivity contribution is 0.0495. The van der Waals surface area contributed by atoms with Gasteiger partial charge in [0.15, 0.2) is 6.17 Å². The van der Waals surface area contributed by atoms with Gasteiger partial charge in [-0.2, -0.15) is 0 Å². The molecule has 0 saturated carbocycles. The maximum Gasteiger partial charge on any atom is 0.273 e. The van der Waals surface area contributed by atoms with Crippen LogP contribution in [0.4, 0.5) is 13.2 Å². The number of nitrogens with one attached hydrogen (secondary N) is 1. The lowest BCUT2D eigenvalue weighted by Crippen LogP contribution is -2.12. The molecule has 0 spiro atoms. The van der Waals surface area contributed by atoms with Gasteiger partial charge in [0.05, 0.1) is 0 Å². The van der Waals surface area contributed by atoms with Gasteiger partial charge in [-0.25, -0.2) is 13.2 Å². The number of benzene rings is 1. The van der Waals surface area contributed by atoms with Crippen molar-refractivity contribution in [2.75, 3.05) is 7.05 Å². The first-order chi connectivity index (χ1) is 7.06. The predicted octanol–water partition coefficient (Wildman–Crippen LogP) is 3.24. The van der Waals surface area contributed by atoms with Crippen LogP contribution in [-0.2, 0) is 0 Å². The number of hydrogen-bond acceptors (Lipinski definition) is 1. The zero-order valence-electron chi connectivity index (χ0n) is 8.68. The Morgan fingerprint density at radius 3 is 1.87 bits per heavy atom. The summed E-state index contributed by atoms with van der Waals surface area (Å²) in [6.45, 7) is 1.94. The van der Waals surface area contributed by atoms with Crippen LogP contribution >= 0.6 is 0 Å². The Labute approximate surface area is 87.3 Å². The fraction of sp³-hybridized carbons (Fsp3) is 0.455. The maximum atomic E-state index is 12.9. The van der Waals surface area contributed by atoms with Gasteiger partial charge in [-0.1, -0.05) is 24.3 Å². The van der Waals surface area contributed by atoms with Crippen LogP contribution in [0.3, 0.4) is 0 Å². The van der Waals surface area contributed by atoms with Crippen molar-refractivity contribution in [2.45, 2.75) is 25.6 Å². The Hall–Kier alpha value is -1.03. The molecule has 0 amide bonds. The van der Waals surface area contributed by atoms with E-state index in [0.29, 0.717) is 0 Å². The summed E-state index contributed by atoms with van der Waals surface area (Å²) < 4.78 is 37.0. The molecule has 0 bridgehead atoms. The minimum Gasteiger partial charge on any atom is -0.313 e. The molecule has 1 N–H and O–H groups in total. The summed E-state index contributed by atoms with van der Waals surface area (Å²) in [4.78, 5) is 0. The van der Waals surface area contributed by atoms with Crippen molar-refractivity contribution in [1.82, 2.24) is 5.32 Å². The molecule has 0 aliphatic rings. The molecule has 4 heteroatoms. The van der Waals surface area contributed by atoms with E-state index in [9.17, 15) is 13.2 Å². The van der Waals surface area contributed by atoms with Crippen LogP contribution in [0.1, 0.15) is 30.3 Å². The summed E-state index contributed by atoms with van der Waals surface area (Å²) in [5.41, 5.74) is 0.972. The van der Waals surface area contributed by atoms with Crippen molar-refractivity contribution < 1.29 is 13.2 Å². The van der Waals surface area contributed by atoms with Gasteiger partial charge >= 0.3 is 0 Å². The Morgan fingerprint density at radius 1 is 1.00 bits per heavy atom. The van der Waals surface area contributed by atoms with Gasteiger partial charge in [0, 0.05) is 6.04 Å². The number of halogens is 3. The largest absolute Gasteiger partial charge is 0.313 e. The molecule has 0 heterocycles. The van der Waals surface area contributed by atoms with E-state index < -0.39 is 12.6 Å². The van der Waals surface area contributed by atoms with E-state index in [0.717, 1.165) is 5.56 Å². The standard InChI is InChI=1S/C11H14F3N/c1-7(15-2)8-3-5-9(6-4-8)10(12)11(13)14/h3-7,10-11,15H,1-2H3. The topological polar surface area (TPSA) is 12.0 Å². The van der Waals surface area contributed by atoms with Crippen molar-refractivity contribution >= 4 is 0 Å². The minimum absolute atomic E-state index is 0.0250. The average molecular weight is 217 g/mol. The van der Waals surface area contributed by atoms with Crippen LogP contribution in [-0.4, -0.2) is 13.5 Å². The lowest BCUT2D eigenvalue weighted by atomic mass is 10.0. The van der Waals surface area contributed by atoms with Gasteiger partial charge in [0.1, 0.15) is 0 Å². The molecule has 0 aliphatic carbocycles. The third kappa shape index (κ3) is 2.96. The molecule has 1 nitrogen and oxygen atoms in total. The highest BCUT2D eigenvalue weighted by atomic mass is 19.3. The van der Waals surface area contributed by atoms with E-state index in [2.05, 4.69) is 5.32 Å². The Balaban J connectivity index is 2.80. The van der Waals surface area contributed by atoms with Gasteiger partial charge in [0.2, 0.25) is 0 Å². The van der Waals surface area contributed by atoms with E-state index in [1.807, 2.05) is 6.92 Å². The van der Waals surface area contributed by atoms with Crippen molar-refractivity contribution in [3.63, 3.8) is 0 Å². The fourth-order valence-corrected chi connectivity index (χ4v) is 1.28. The Kier molecular flexibility index (Phi) is 4.15. The first-order valence-corrected chi connectivity index (χ1v) is 4.75. The predicted molar refractivity (Wildman–Crippen MR) is 53.8 cm³/mol. The molecule has 1 aromatic rings. The van der Waals surface area contributed by atoms with E-state index in [1.165, 1.54) is 12.1 Å². The quantitative estimate of drug-likeness (QED) is 0.816. The molecule has 0 aromatic heterocycles. The molecule has 2 atom stereocenters. The molecule has 0 saturated heterocycles. The highest BCUT2D eigenvalue weighted by Crippen LogP contribution is 2.25. The fourth-order valence-electron chi connectivity index (χ4n) is 1.28. The maximum absolute atomic E-state index is 12.9. The molecule has 0 aliphatic heterocycles. The lowest BCUT2D eigenvalue weighted by Gasteiger charge is -2.12. The van der Waals surface area contributed by atoms with Gasteiger partial charge in [-0.3, -0.25) is 0 Å². The van der Waals surface area contributed by atoms with Crippen LogP contribution in [0.25, 0.3) is 0 Å². The Morgan fingerprint density at radius 2 is 1.47 bits per heavy atom. The first-order valence-electron chi connectivity index (χ1n) is 4.75. The van der Waals surface area contributed by atoms with Crippen LogP contribution < -0.4 is 5.32 Å². The second kappa shape index (κ2) is 5.16. The van der Waals surface area contributed by atoms with Crippen molar-refractivity contribution in [1.29, 1.82) is 0 Å². The Bertz CT molecular complexity index is 297. The van der Waals surface area contributed by atoms with Gasteiger partial charge in [-0.05, 0) is 25.1 Å². The van der Waals surface area contributed by atoms with Crippen LogP contribution in [0.5, 0.6) is 0 Å². The summed E-state index contributed by atoms with van der Waals surface area (Å²) >= 11 is 0. The number of rotatable bonds is 4. The average Bonchev–Trinajstić information content (AvgIpc) is 2.27. The summed E-state index contributed by atoms with van der Waals surface area (Å²) in [7, 11) is 1.80. The van der Waals surface area contributed by atoms with E-state index in [-0.39, 0.29) is 11.6 Å². The summed E-state index contributed by atoms with van der Waals surface area (Å²) in [5.74, 6) is 0. The smallest absolute Gasteiger partial charge is 0.273 e. The molecule has 0 radical (unpaired) electrons. The normalized spacial score (nSPS) is 15.3. The molecule has 84 valence electrons. The SMILES string of the molecule is CNC(C)c1ccc(C(F)C(F)F)cc1. The zero-order valence-corrected chi connectivity index (χ0v) is 8.68. The van der Waals surface area contributed by atoms with Gasteiger partial charge in [0.25, 0.3) is 6.43 Å². The highest BCUT2D eigenvalue weighted by molar-refractivity contribution is 5.26. The third-order valence-corrected chi connectivity index (χ3v) is 2.41. The van der Waals surface area contributed by atoms with Crippen LogP contribution in [0.2, 0.25) is 0 Å². The van der Waals surface area contributed by atoms with Crippen molar-refractivity contribution in [3.8, 4) is 0 Å². The molecule has 1 rings (SSSR count). The van der Waals surface area contributed by atoms with Crippen molar-refractivity contribution in [2.24, 2.45) is 0 Å². The van der Waals surface area contributed by atoms with E-state index >= 15 is 0 Å². The minimum atomic E-state index is -2.96. The molecule has 15 heavy (non-hydrogen) atoms. The molecule has 1 aromatic carbocycles. The van der Waals surface area contributed by atoms with Crippen LogP contribution in [0, 0.1) is 0 Å². The molecule has 0 fully saturated rings. The summed E-state index contributed by atoms with van der Waals surface area (Å²) in [5, 5.41) is 3.01. The molecular formula is C11H14F3N. The molecule has 2 unspecified atom stereocenters. The van der Waals surface area contributed by atoms with E-state index in [4.69, 9.17) is 0 Å². The first kappa shape index (κ1) is 12.0. The molecular weight excluding hydrogens is 203 g/mol. The van der Waals surface area contributed by atoms with Gasteiger partial charge < -0.3 is 5.32 Å². The summed E-state index contributed by atoms with van der Waals surface area (Å²) in [6, 6.07) is 6.25. The zero-order chi connectivity index (χ0) is 11.4. The second-order valence-electron chi connectivity index (χ2n) is 3.41. The monoisotopic (exact) mass is 217 g/mol. The number of hydrogen-bond donors (Lipinski definition) is 1. The third-order valence-electron chi connectivity index (χ3n) is 2.41. The van der Waals surface area contributed by atoms with Crippen molar-refractivity contribution in [3.05, 3.63) is 35.4 Å². The van der Waals surface area contributed by atoms with Gasteiger partial charge in [-0.15, -0.1) is 0 Å². The second-order valence-corrected chi connectivity index (χ2v) is 3.41. The van der Waals surface area contributed by atoms with E-state index in [1.54, 1.807) is 19.2 Å².